The van der Waals surface area contributed by atoms with Gasteiger partial charge in [-0.15, -0.1) is 0 Å². The van der Waals surface area contributed by atoms with E-state index in [1.54, 1.807) is 0 Å². The topological polar surface area (TPSA) is 57.2 Å². The van der Waals surface area contributed by atoms with E-state index in [0.717, 1.165) is 0 Å². The van der Waals surface area contributed by atoms with E-state index in [-0.39, 0.29) is 19.5 Å². The van der Waals surface area contributed by atoms with Crippen molar-refractivity contribution in [1.29, 1.82) is 0 Å². The summed E-state index contributed by atoms with van der Waals surface area (Å²) >= 11 is 0. The molecule has 0 aromatic carbocycles. The molecule has 18 heavy (non-hydrogen) atoms. The molecule has 0 saturated heterocycles. The molecular formula is C4F9O3SZn+. The van der Waals surface area contributed by atoms with Gasteiger partial charge in [-0.2, -0.15) is 39.5 Å². The third-order valence-corrected chi connectivity index (χ3v) is 2.31. The minimum atomic E-state index is -7.43. The van der Waals surface area contributed by atoms with E-state index in [9.17, 15) is 52.5 Å². The first-order chi connectivity index (χ1) is 7.00. The summed E-state index contributed by atoms with van der Waals surface area (Å²) in [5.41, 5.74) is 0. The number of halogens is 9. The molecule has 0 spiro atoms. The van der Waals surface area contributed by atoms with Crippen LogP contribution in [0.2, 0.25) is 0 Å². The van der Waals surface area contributed by atoms with Crippen molar-refractivity contribution in [3.63, 3.8) is 0 Å². The van der Waals surface area contributed by atoms with Crippen LogP contribution in [0.1, 0.15) is 0 Å². The van der Waals surface area contributed by atoms with Crippen LogP contribution in [-0.2, 0) is 29.6 Å². The second-order valence-corrected chi connectivity index (χ2v) is 4.04. The van der Waals surface area contributed by atoms with Gasteiger partial charge in [0.2, 0.25) is 0 Å². The van der Waals surface area contributed by atoms with Gasteiger partial charge in [0.15, 0.2) is 10.1 Å². The molecule has 3 nitrogen and oxygen atoms in total. The number of rotatable bonds is 3. The Kier molecular flexibility index (Phi) is 5.37. The van der Waals surface area contributed by atoms with Crippen molar-refractivity contribution in [2.45, 2.75) is 23.3 Å². The zero-order chi connectivity index (χ0) is 14.5. The van der Waals surface area contributed by atoms with Crippen LogP contribution in [0, 0.1) is 0 Å². The van der Waals surface area contributed by atoms with Gasteiger partial charge in [-0.25, -0.2) is 8.42 Å². The summed E-state index contributed by atoms with van der Waals surface area (Å²) < 4.78 is 135. The molecule has 0 radical (unpaired) electrons. The Morgan fingerprint density at radius 1 is 0.722 bits per heavy atom. The summed E-state index contributed by atoms with van der Waals surface area (Å²) in [6.07, 6.45) is -7.16. The molecule has 0 aliphatic heterocycles. The van der Waals surface area contributed by atoms with Gasteiger partial charge in [-0.05, 0) is 0 Å². The molecule has 0 N–H and O–H groups in total. The second kappa shape index (κ2) is 4.78. The molecule has 0 aliphatic carbocycles. The van der Waals surface area contributed by atoms with Gasteiger partial charge in [-0.3, -0.25) is 0 Å². The molecule has 0 saturated carbocycles. The number of hydrogen-bond donors (Lipinski definition) is 0. The smallest absolute Gasteiger partial charge is 0.743 e. The van der Waals surface area contributed by atoms with Gasteiger partial charge >= 0.3 is 42.8 Å². The van der Waals surface area contributed by atoms with Gasteiger partial charge in [-0.1, -0.05) is 0 Å². The van der Waals surface area contributed by atoms with Crippen LogP contribution in [0.5, 0.6) is 0 Å². The van der Waals surface area contributed by atoms with E-state index in [1.165, 1.54) is 0 Å². The Morgan fingerprint density at radius 3 is 1.17 bits per heavy atom. The molecule has 0 unspecified atom stereocenters. The quantitative estimate of drug-likeness (QED) is 0.437. The van der Waals surface area contributed by atoms with Crippen LogP contribution < -0.4 is 0 Å². The Balaban J connectivity index is 0. The monoisotopic (exact) mass is 363 g/mol. The molecule has 0 atom stereocenters. The number of alkyl halides is 9. The van der Waals surface area contributed by atoms with Gasteiger partial charge < -0.3 is 4.55 Å². The number of hydrogen-bond acceptors (Lipinski definition) is 3. The predicted octanol–water partition coefficient (Wildman–Crippen LogP) is 1.95. The Morgan fingerprint density at radius 2 is 1.00 bits per heavy atom. The average Bonchev–Trinajstić information content (AvgIpc) is 1.98. The molecule has 14 heteroatoms. The Hall–Kier alpha value is -0.0966. The van der Waals surface area contributed by atoms with E-state index in [0.29, 0.717) is 0 Å². The zero-order valence-corrected chi connectivity index (χ0v) is 11.5. The largest absolute Gasteiger partial charge is 2.00 e. The predicted molar refractivity (Wildman–Crippen MR) is 30.6 cm³/mol. The minimum absolute atomic E-state index is 0. The second-order valence-electron chi connectivity index (χ2n) is 2.62. The van der Waals surface area contributed by atoms with Gasteiger partial charge in [0.25, 0.3) is 0 Å². The van der Waals surface area contributed by atoms with E-state index >= 15 is 0 Å². The van der Waals surface area contributed by atoms with Gasteiger partial charge in [0, 0.05) is 0 Å². The summed E-state index contributed by atoms with van der Waals surface area (Å²) in [4.78, 5) is 0. The Bertz CT molecular complexity index is 399. The van der Waals surface area contributed by atoms with Crippen molar-refractivity contribution in [3.8, 4) is 0 Å². The summed E-state index contributed by atoms with van der Waals surface area (Å²) in [6.45, 7) is 0. The maximum atomic E-state index is 12.2. The molecular weight excluding hydrogens is 364 g/mol. The fourth-order valence-corrected chi connectivity index (χ4v) is 0.960. The maximum absolute atomic E-state index is 12.2. The summed E-state index contributed by atoms with van der Waals surface area (Å²) in [5, 5.41) is -7.11. The van der Waals surface area contributed by atoms with Crippen molar-refractivity contribution in [2.24, 2.45) is 0 Å². The maximum Gasteiger partial charge on any atom is 2.00 e. The standard InChI is InChI=1S/C4HF9O3S.Zn/c5-1(6,3(9,10)11)2(7,8)4(12,13)17(14,15)16;/h(H,14,15,16);/q;+2/p-1. The van der Waals surface area contributed by atoms with Crippen molar-refractivity contribution < 1.29 is 72.0 Å². The molecule has 0 aromatic rings. The van der Waals surface area contributed by atoms with Crippen molar-refractivity contribution in [3.05, 3.63) is 0 Å². The zero-order valence-electron chi connectivity index (χ0n) is 7.74. The molecule has 0 aromatic heterocycles. The van der Waals surface area contributed by atoms with Crippen LogP contribution >= 0.6 is 0 Å². The van der Waals surface area contributed by atoms with E-state index in [4.69, 9.17) is 0 Å². The van der Waals surface area contributed by atoms with Crippen LogP contribution in [0.25, 0.3) is 0 Å². The summed E-state index contributed by atoms with van der Waals surface area (Å²) in [6, 6.07) is 0. The van der Waals surface area contributed by atoms with Crippen molar-refractivity contribution in [1.82, 2.24) is 0 Å². The Labute approximate surface area is 106 Å². The molecule has 0 heterocycles. The van der Waals surface area contributed by atoms with Crippen molar-refractivity contribution >= 4 is 10.1 Å². The summed E-state index contributed by atoms with van der Waals surface area (Å²) in [7, 11) is -7.42. The van der Waals surface area contributed by atoms with E-state index in [2.05, 4.69) is 0 Å². The third kappa shape index (κ3) is 2.74. The fourth-order valence-electron chi connectivity index (χ4n) is 0.518. The molecule has 0 bridgehead atoms. The van der Waals surface area contributed by atoms with Gasteiger partial charge in [0.05, 0.1) is 0 Å². The van der Waals surface area contributed by atoms with Crippen LogP contribution in [0.3, 0.4) is 0 Å². The molecule has 0 fully saturated rings. The SMILES string of the molecule is O=S(=O)([O-])C(F)(F)C(F)(F)C(F)(F)C(F)(F)F.[Zn+2]. The van der Waals surface area contributed by atoms with E-state index < -0.39 is 33.4 Å². The molecule has 0 rings (SSSR count). The van der Waals surface area contributed by atoms with Crippen molar-refractivity contribution in [2.75, 3.05) is 0 Å². The minimum Gasteiger partial charge on any atom is -0.743 e. The normalized spacial score (nSPS) is 15.2. The van der Waals surface area contributed by atoms with E-state index in [1.807, 2.05) is 0 Å². The van der Waals surface area contributed by atoms with Crippen LogP contribution in [0.4, 0.5) is 39.5 Å². The average molecular weight is 364 g/mol. The fraction of sp³-hybridized carbons (Fsp3) is 1.00. The first-order valence-electron chi connectivity index (χ1n) is 3.15. The third-order valence-electron chi connectivity index (χ3n) is 1.43. The molecule has 104 valence electrons. The first-order valence-corrected chi connectivity index (χ1v) is 4.56. The first kappa shape index (κ1) is 20.2. The van der Waals surface area contributed by atoms with Gasteiger partial charge in [0.1, 0.15) is 0 Å². The molecule has 0 aliphatic rings. The van der Waals surface area contributed by atoms with Crippen LogP contribution in [0.15, 0.2) is 0 Å². The summed E-state index contributed by atoms with van der Waals surface area (Å²) in [5.74, 6) is -14.8. The molecule has 0 amide bonds. The van der Waals surface area contributed by atoms with Crippen LogP contribution in [-0.4, -0.2) is 36.2 Å².